The van der Waals surface area contributed by atoms with Crippen LogP contribution in [0, 0.1) is 0 Å². The number of rotatable bonds is 6. The maximum absolute atomic E-state index is 13.0. The third-order valence-corrected chi connectivity index (χ3v) is 4.71. The van der Waals surface area contributed by atoms with Gasteiger partial charge in [-0.2, -0.15) is 0 Å². The van der Waals surface area contributed by atoms with E-state index in [2.05, 4.69) is 10.3 Å². The van der Waals surface area contributed by atoms with E-state index in [4.69, 9.17) is 9.47 Å². The van der Waals surface area contributed by atoms with Crippen molar-refractivity contribution >= 4 is 28.5 Å². The molecule has 1 heterocycles. The van der Waals surface area contributed by atoms with Gasteiger partial charge in [0.05, 0.1) is 12.7 Å². The van der Waals surface area contributed by atoms with Crippen molar-refractivity contribution in [3.05, 3.63) is 96.2 Å². The summed E-state index contributed by atoms with van der Waals surface area (Å²) in [5.74, 6) is -0.426. The fraction of sp³-hybridized carbons (Fsp3) is 0.0833. The van der Waals surface area contributed by atoms with Crippen LogP contribution in [-0.2, 0) is 9.53 Å². The van der Waals surface area contributed by atoms with Crippen LogP contribution in [0.2, 0.25) is 0 Å². The second-order valence-corrected chi connectivity index (χ2v) is 6.67. The first-order chi connectivity index (χ1) is 14.7. The molecule has 30 heavy (non-hydrogen) atoms. The molecule has 3 aromatic carbocycles. The molecule has 0 saturated carbocycles. The summed E-state index contributed by atoms with van der Waals surface area (Å²) in [6.45, 7) is 0. The quantitative estimate of drug-likeness (QED) is 0.459. The van der Waals surface area contributed by atoms with Crippen molar-refractivity contribution in [1.29, 1.82) is 0 Å². The molecule has 0 aliphatic heterocycles. The Kier molecular flexibility index (Phi) is 5.48. The molecule has 0 unspecified atom stereocenters. The Morgan fingerprint density at radius 2 is 1.70 bits per heavy atom. The average Bonchev–Trinajstić information content (AvgIpc) is 3.22. The standard InChI is InChI=1S/C24H20N2O4/c1-29-18-11-7-10-17(14-18)26-23(27)22(16-8-3-2-4-9-16)30-24(28)20-15-25-21-13-6-5-12-19(20)21/h2-15,22,25H,1H3,(H,26,27)/t22-/m0/s1. The van der Waals surface area contributed by atoms with Crippen LogP contribution in [0.3, 0.4) is 0 Å². The second-order valence-electron chi connectivity index (χ2n) is 6.67. The lowest BCUT2D eigenvalue weighted by atomic mass is 10.1. The first kappa shape index (κ1) is 19.3. The van der Waals surface area contributed by atoms with Crippen LogP contribution in [0.25, 0.3) is 10.9 Å². The normalized spacial score (nSPS) is 11.6. The minimum Gasteiger partial charge on any atom is -0.497 e. The van der Waals surface area contributed by atoms with Crippen LogP contribution in [0.5, 0.6) is 5.75 Å². The maximum Gasteiger partial charge on any atom is 0.341 e. The Hall–Kier alpha value is -4.06. The van der Waals surface area contributed by atoms with Gasteiger partial charge in [0.1, 0.15) is 5.75 Å². The van der Waals surface area contributed by atoms with Gasteiger partial charge in [-0.1, -0.05) is 54.6 Å². The van der Waals surface area contributed by atoms with Gasteiger partial charge in [0.25, 0.3) is 5.91 Å². The lowest BCUT2D eigenvalue weighted by Gasteiger charge is -2.18. The lowest BCUT2D eigenvalue weighted by Crippen LogP contribution is -2.26. The molecule has 0 fully saturated rings. The van der Waals surface area contributed by atoms with Crippen LogP contribution in [-0.4, -0.2) is 24.0 Å². The zero-order valence-electron chi connectivity index (χ0n) is 16.3. The highest BCUT2D eigenvalue weighted by Gasteiger charge is 2.27. The number of methoxy groups -OCH3 is 1. The minimum atomic E-state index is -1.11. The van der Waals surface area contributed by atoms with Crippen molar-refractivity contribution in [3.8, 4) is 5.75 Å². The Morgan fingerprint density at radius 3 is 2.50 bits per heavy atom. The second kappa shape index (κ2) is 8.53. The molecule has 0 spiro atoms. The van der Waals surface area contributed by atoms with E-state index in [1.165, 1.54) is 0 Å². The van der Waals surface area contributed by atoms with Gasteiger partial charge in [0.2, 0.25) is 6.10 Å². The minimum absolute atomic E-state index is 0.376. The van der Waals surface area contributed by atoms with Crippen molar-refractivity contribution in [1.82, 2.24) is 4.98 Å². The predicted octanol–water partition coefficient (Wildman–Crippen LogP) is 4.71. The van der Waals surface area contributed by atoms with E-state index in [9.17, 15) is 9.59 Å². The first-order valence-electron chi connectivity index (χ1n) is 9.42. The molecule has 4 aromatic rings. The number of aromatic nitrogens is 1. The molecular weight excluding hydrogens is 380 g/mol. The molecule has 6 heteroatoms. The van der Waals surface area contributed by atoms with Crippen molar-refractivity contribution in [2.75, 3.05) is 12.4 Å². The van der Waals surface area contributed by atoms with E-state index in [0.717, 1.165) is 10.9 Å². The van der Waals surface area contributed by atoms with Gasteiger partial charge in [-0.05, 0) is 18.2 Å². The maximum atomic E-state index is 13.0. The zero-order valence-corrected chi connectivity index (χ0v) is 16.3. The van der Waals surface area contributed by atoms with Gasteiger partial charge < -0.3 is 19.8 Å². The molecular formula is C24H20N2O4. The topological polar surface area (TPSA) is 80.4 Å². The van der Waals surface area contributed by atoms with Crippen LogP contribution in [0.15, 0.2) is 85.1 Å². The van der Waals surface area contributed by atoms with E-state index in [1.54, 1.807) is 61.8 Å². The van der Waals surface area contributed by atoms with Gasteiger partial charge in [-0.15, -0.1) is 0 Å². The smallest absolute Gasteiger partial charge is 0.341 e. The van der Waals surface area contributed by atoms with E-state index < -0.39 is 18.0 Å². The number of carbonyl (C=O) groups is 2. The zero-order chi connectivity index (χ0) is 20.9. The molecule has 1 amide bonds. The van der Waals surface area contributed by atoms with E-state index >= 15 is 0 Å². The van der Waals surface area contributed by atoms with Crippen LogP contribution in [0.1, 0.15) is 22.0 Å². The fourth-order valence-corrected chi connectivity index (χ4v) is 3.22. The number of esters is 1. The number of aromatic amines is 1. The van der Waals surface area contributed by atoms with Crippen LogP contribution >= 0.6 is 0 Å². The van der Waals surface area contributed by atoms with Crippen LogP contribution in [0.4, 0.5) is 5.69 Å². The first-order valence-corrected chi connectivity index (χ1v) is 9.42. The van der Waals surface area contributed by atoms with Crippen molar-refractivity contribution < 1.29 is 19.1 Å². The van der Waals surface area contributed by atoms with Crippen molar-refractivity contribution in [3.63, 3.8) is 0 Å². The molecule has 6 nitrogen and oxygen atoms in total. The third-order valence-electron chi connectivity index (χ3n) is 4.71. The highest BCUT2D eigenvalue weighted by molar-refractivity contribution is 6.05. The molecule has 150 valence electrons. The number of anilines is 1. The van der Waals surface area contributed by atoms with E-state index in [1.807, 2.05) is 30.3 Å². The molecule has 0 radical (unpaired) electrons. The third kappa shape index (κ3) is 4.03. The van der Waals surface area contributed by atoms with Crippen molar-refractivity contribution in [2.45, 2.75) is 6.10 Å². The summed E-state index contributed by atoms with van der Waals surface area (Å²) in [5, 5.41) is 3.54. The van der Waals surface area contributed by atoms with Gasteiger partial charge in [-0.3, -0.25) is 4.79 Å². The Morgan fingerprint density at radius 1 is 0.933 bits per heavy atom. The molecule has 1 atom stereocenters. The number of carbonyl (C=O) groups excluding carboxylic acids is 2. The summed E-state index contributed by atoms with van der Waals surface area (Å²) in [5.41, 5.74) is 2.32. The number of hydrogen-bond acceptors (Lipinski definition) is 4. The van der Waals surface area contributed by atoms with Gasteiger partial charge in [0, 0.05) is 34.4 Å². The molecule has 2 N–H and O–H groups in total. The number of fused-ring (bicyclic) bond motifs is 1. The summed E-state index contributed by atoms with van der Waals surface area (Å²) in [4.78, 5) is 29.0. The molecule has 4 rings (SSSR count). The number of amides is 1. The lowest BCUT2D eigenvalue weighted by molar-refractivity contribution is -0.125. The average molecular weight is 400 g/mol. The number of ether oxygens (including phenoxy) is 2. The molecule has 0 aliphatic carbocycles. The largest absolute Gasteiger partial charge is 0.497 e. The molecule has 0 saturated heterocycles. The van der Waals surface area contributed by atoms with Crippen LogP contribution < -0.4 is 10.1 Å². The fourth-order valence-electron chi connectivity index (χ4n) is 3.22. The number of para-hydroxylation sites is 1. The van der Waals surface area contributed by atoms with Gasteiger partial charge >= 0.3 is 5.97 Å². The highest BCUT2D eigenvalue weighted by atomic mass is 16.5. The summed E-state index contributed by atoms with van der Waals surface area (Å²) < 4.78 is 10.9. The number of hydrogen-bond donors (Lipinski definition) is 2. The van der Waals surface area contributed by atoms with Gasteiger partial charge in [-0.25, -0.2) is 4.79 Å². The summed E-state index contributed by atoms with van der Waals surface area (Å²) in [7, 11) is 1.55. The highest BCUT2D eigenvalue weighted by Crippen LogP contribution is 2.25. The Balaban J connectivity index is 1.61. The summed E-state index contributed by atoms with van der Waals surface area (Å²) >= 11 is 0. The Labute approximate surface area is 173 Å². The molecule has 1 aromatic heterocycles. The van der Waals surface area contributed by atoms with Crippen molar-refractivity contribution in [2.24, 2.45) is 0 Å². The van der Waals surface area contributed by atoms with E-state index in [0.29, 0.717) is 22.6 Å². The SMILES string of the molecule is COc1cccc(NC(=O)[C@@H](OC(=O)c2c[nH]c3ccccc23)c2ccccc2)c1. The summed E-state index contributed by atoms with van der Waals surface area (Å²) in [6, 6.07) is 23.3. The Bertz CT molecular complexity index is 1180. The molecule has 0 bridgehead atoms. The van der Waals surface area contributed by atoms with Gasteiger partial charge in [0.15, 0.2) is 0 Å². The number of H-pyrrole nitrogens is 1. The summed E-state index contributed by atoms with van der Waals surface area (Å²) in [6.07, 6.45) is 0.480. The van der Waals surface area contributed by atoms with E-state index in [-0.39, 0.29) is 0 Å². The monoisotopic (exact) mass is 400 g/mol. The predicted molar refractivity (Wildman–Crippen MR) is 115 cm³/mol. The number of nitrogens with one attached hydrogen (secondary N) is 2. The number of benzene rings is 3. The molecule has 0 aliphatic rings.